The van der Waals surface area contributed by atoms with Crippen LogP contribution in [0.1, 0.15) is 30.4 Å². The highest BCUT2D eigenvalue weighted by Crippen LogP contribution is 2.44. The molecule has 0 spiro atoms. The van der Waals surface area contributed by atoms with Crippen LogP contribution in [0.5, 0.6) is 0 Å². The van der Waals surface area contributed by atoms with Crippen LogP contribution in [0.25, 0.3) is 0 Å². The summed E-state index contributed by atoms with van der Waals surface area (Å²) < 4.78 is 0. The van der Waals surface area contributed by atoms with Gasteiger partial charge in [0, 0.05) is 18.0 Å². The highest BCUT2D eigenvalue weighted by molar-refractivity contribution is 6.03. The first-order chi connectivity index (χ1) is 15.8. The van der Waals surface area contributed by atoms with Gasteiger partial charge >= 0.3 is 0 Å². The maximum absolute atomic E-state index is 13.0. The van der Waals surface area contributed by atoms with Crippen molar-refractivity contribution in [1.29, 1.82) is 0 Å². The summed E-state index contributed by atoms with van der Waals surface area (Å²) in [5.41, 5.74) is 2.44. The molecule has 2 aliphatic carbocycles. The van der Waals surface area contributed by atoms with E-state index in [1.165, 1.54) is 5.57 Å². The molecule has 1 heterocycles. The summed E-state index contributed by atoms with van der Waals surface area (Å²) in [6.45, 7) is 0.777. The number of carbonyl (C=O) groups is 1. The molecular weight excluding hydrogens is 392 g/mol. The maximum atomic E-state index is 13.0. The molecule has 0 N–H and O–H groups in total. The lowest BCUT2D eigenvalue weighted by Gasteiger charge is -2.40. The first-order valence-electron chi connectivity index (χ1n) is 11.4. The number of rotatable bonds is 6. The van der Waals surface area contributed by atoms with Gasteiger partial charge in [-0.3, -0.25) is 0 Å². The van der Waals surface area contributed by atoms with Crippen molar-refractivity contribution in [1.82, 2.24) is 4.90 Å². The molecule has 0 bridgehead atoms. The third-order valence-corrected chi connectivity index (χ3v) is 6.69. The van der Waals surface area contributed by atoms with E-state index in [1.54, 1.807) is 0 Å². The number of aliphatic imine (C=N–C) groups is 1. The van der Waals surface area contributed by atoms with E-state index >= 15 is 0 Å². The van der Waals surface area contributed by atoms with Crippen molar-refractivity contribution in [3.8, 4) is 0 Å². The molecule has 32 heavy (non-hydrogen) atoms. The van der Waals surface area contributed by atoms with Gasteiger partial charge in [0.2, 0.25) is 0 Å². The largest absolute Gasteiger partial charge is 0.346 e. The fourth-order valence-electron chi connectivity index (χ4n) is 5.16. The molecule has 3 nitrogen and oxygen atoms in total. The minimum absolute atomic E-state index is 0.0920. The Bertz CT molecular complexity index is 1110. The van der Waals surface area contributed by atoms with E-state index in [0.29, 0.717) is 0 Å². The summed E-state index contributed by atoms with van der Waals surface area (Å²) >= 11 is 0. The second-order valence-corrected chi connectivity index (χ2v) is 8.69. The molecular formula is C29H28N2O. The maximum Gasteiger partial charge on any atom is 0.164 e. The van der Waals surface area contributed by atoms with E-state index < -0.39 is 5.54 Å². The van der Waals surface area contributed by atoms with Gasteiger partial charge in [0.1, 0.15) is 5.84 Å². The SMILES string of the molecule is O=CC1(c2ccccc2)N=C(c2ccccc2)N(CC2=CC=CCC2)C1C1C=CC=CC1. The van der Waals surface area contributed by atoms with Crippen LogP contribution in [-0.4, -0.2) is 29.6 Å². The summed E-state index contributed by atoms with van der Waals surface area (Å²) in [4.78, 5) is 20.6. The van der Waals surface area contributed by atoms with E-state index in [2.05, 4.69) is 59.6 Å². The quantitative estimate of drug-likeness (QED) is 0.568. The van der Waals surface area contributed by atoms with Crippen molar-refractivity contribution in [3.63, 3.8) is 0 Å². The molecule has 5 rings (SSSR count). The van der Waals surface area contributed by atoms with Crippen LogP contribution < -0.4 is 0 Å². The predicted molar refractivity (Wildman–Crippen MR) is 131 cm³/mol. The van der Waals surface area contributed by atoms with Gasteiger partial charge in [0.25, 0.3) is 0 Å². The Balaban J connectivity index is 1.68. The van der Waals surface area contributed by atoms with E-state index in [0.717, 1.165) is 49.1 Å². The van der Waals surface area contributed by atoms with E-state index in [9.17, 15) is 4.79 Å². The smallest absolute Gasteiger partial charge is 0.164 e. The molecule has 3 atom stereocenters. The second kappa shape index (κ2) is 8.96. The Morgan fingerprint density at radius 3 is 2.41 bits per heavy atom. The average Bonchev–Trinajstić information content (AvgIpc) is 3.21. The summed E-state index contributed by atoms with van der Waals surface area (Å²) in [5.74, 6) is 1.10. The number of amidine groups is 1. The zero-order valence-electron chi connectivity index (χ0n) is 18.2. The first-order valence-corrected chi connectivity index (χ1v) is 11.4. The van der Waals surface area contributed by atoms with Crippen molar-refractivity contribution in [3.05, 3.63) is 120 Å². The molecule has 3 heteroatoms. The summed E-state index contributed by atoms with van der Waals surface area (Å²) in [5, 5.41) is 0. The topological polar surface area (TPSA) is 32.7 Å². The van der Waals surface area contributed by atoms with E-state index in [-0.39, 0.29) is 12.0 Å². The summed E-state index contributed by atoms with van der Waals surface area (Å²) in [6, 6.07) is 20.3. The fraction of sp³-hybridized carbons (Fsp3) is 0.241. The third-order valence-electron chi connectivity index (χ3n) is 6.69. The fourth-order valence-corrected chi connectivity index (χ4v) is 5.16. The molecule has 0 radical (unpaired) electrons. The van der Waals surface area contributed by atoms with Gasteiger partial charge in [-0.05, 0) is 24.8 Å². The normalized spacial score (nSPS) is 26.7. The summed E-state index contributed by atoms with van der Waals surface area (Å²) in [6.07, 6.45) is 19.3. The highest BCUT2D eigenvalue weighted by Gasteiger charge is 2.52. The van der Waals surface area contributed by atoms with E-state index in [1.807, 2.05) is 48.5 Å². The van der Waals surface area contributed by atoms with Gasteiger partial charge in [-0.2, -0.15) is 0 Å². The van der Waals surface area contributed by atoms with E-state index in [4.69, 9.17) is 4.99 Å². The minimum atomic E-state index is -0.947. The Labute approximate surface area is 190 Å². The lowest BCUT2D eigenvalue weighted by molar-refractivity contribution is -0.114. The first kappa shape index (κ1) is 20.4. The molecule has 0 aromatic heterocycles. The van der Waals surface area contributed by atoms with Crippen molar-refractivity contribution < 1.29 is 4.79 Å². The predicted octanol–water partition coefficient (Wildman–Crippen LogP) is 5.62. The number of benzene rings is 2. The second-order valence-electron chi connectivity index (χ2n) is 8.69. The number of aldehydes is 1. The van der Waals surface area contributed by atoms with Crippen molar-refractivity contribution in [2.24, 2.45) is 10.9 Å². The molecule has 0 fully saturated rings. The van der Waals surface area contributed by atoms with Crippen LogP contribution in [0, 0.1) is 5.92 Å². The van der Waals surface area contributed by atoms with Gasteiger partial charge in [-0.1, -0.05) is 109 Å². The van der Waals surface area contributed by atoms with Crippen LogP contribution in [0.3, 0.4) is 0 Å². The number of nitrogens with zero attached hydrogens (tertiary/aromatic N) is 2. The van der Waals surface area contributed by atoms with Gasteiger partial charge in [-0.25, -0.2) is 4.99 Å². The Hall–Kier alpha value is -3.46. The Morgan fingerprint density at radius 1 is 0.969 bits per heavy atom. The zero-order valence-corrected chi connectivity index (χ0v) is 18.2. The monoisotopic (exact) mass is 420 g/mol. The van der Waals surface area contributed by atoms with Crippen LogP contribution in [0.2, 0.25) is 0 Å². The Kier molecular flexibility index (Phi) is 5.72. The molecule has 2 aromatic carbocycles. The number of hydrogen-bond acceptors (Lipinski definition) is 3. The van der Waals surface area contributed by atoms with Crippen LogP contribution in [0.15, 0.2) is 114 Å². The van der Waals surface area contributed by atoms with Crippen LogP contribution >= 0.6 is 0 Å². The number of hydrogen-bond donors (Lipinski definition) is 0. The van der Waals surface area contributed by atoms with Crippen molar-refractivity contribution in [2.45, 2.75) is 30.8 Å². The standard InChI is InChI=1S/C29H28N2O/c32-22-29(26-19-11-4-12-20-26)27(24-15-7-2-8-16-24)31(21-23-13-5-1-6-14-23)28(30-29)25-17-9-3-10-18-25/h1-5,7-13,15,17-20,22,24,27H,6,14,16,21H2. The number of carbonyl (C=O) groups excluding carboxylic acids is 1. The van der Waals surface area contributed by atoms with Crippen LogP contribution in [-0.2, 0) is 10.3 Å². The van der Waals surface area contributed by atoms with Gasteiger partial charge in [0.05, 0.1) is 6.04 Å². The Morgan fingerprint density at radius 2 is 1.75 bits per heavy atom. The minimum Gasteiger partial charge on any atom is -0.346 e. The molecule has 0 saturated heterocycles. The molecule has 2 aromatic rings. The highest BCUT2D eigenvalue weighted by atomic mass is 16.1. The molecule has 0 amide bonds. The molecule has 3 unspecified atom stereocenters. The average molecular weight is 421 g/mol. The molecule has 1 aliphatic heterocycles. The lowest BCUT2D eigenvalue weighted by Crippen LogP contribution is -2.51. The molecule has 160 valence electrons. The molecule has 3 aliphatic rings. The summed E-state index contributed by atoms with van der Waals surface area (Å²) in [7, 11) is 0. The lowest BCUT2D eigenvalue weighted by atomic mass is 9.76. The van der Waals surface area contributed by atoms with Gasteiger partial charge in [-0.15, -0.1) is 0 Å². The van der Waals surface area contributed by atoms with Crippen molar-refractivity contribution >= 4 is 12.1 Å². The number of allylic oxidation sites excluding steroid dienone is 6. The molecule has 0 saturated carbocycles. The zero-order chi connectivity index (χ0) is 21.8. The van der Waals surface area contributed by atoms with Gasteiger partial charge < -0.3 is 9.69 Å². The van der Waals surface area contributed by atoms with Crippen molar-refractivity contribution in [2.75, 3.05) is 6.54 Å². The van der Waals surface area contributed by atoms with Crippen LogP contribution in [0.4, 0.5) is 0 Å². The van der Waals surface area contributed by atoms with Gasteiger partial charge in [0.15, 0.2) is 11.8 Å². The third kappa shape index (κ3) is 3.69.